The molecule has 0 amide bonds. The van der Waals surface area contributed by atoms with Crippen molar-refractivity contribution in [2.75, 3.05) is 13.2 Å². The van der Waals surface area contributed by atoms with Crippen molar-refractivity contribution >= 4 is 0 Å². The van der Waals surface area contributed by atoms with Gasteiger partial charge in [0.15, 0.2) is 0 Å². The Morgan fingerprint density at radius 3 is 2.38 bits per heavy atom. The standard InChI is InChI=1S/C12H22O/c1-4-13-9-11-5-7-12(8-6-11)10(2)3/h11-12H,2,4-9H2,1,3H3. The molecule has 1 aliphatic carbocycles. The molecule has 1 saturated carbocycles. The molecule has 76 valence electrons. The molecule has 1 heteroatoms. The Labute approximate surface area is 82.2 Å². The van der Waals surface area contributed by atoms with Crippen molar-refractivity contribution in [1.29, 1.82) is 0 Å². The van der Waals surface area contributed by atoms with Gasteiger partial charge in [0.05, 0.1) is 0 Å². The van der Waals surface area contributed by atoms with E-state index < -0.39 is 0 Å². The molecule has 0 atom stereocenters. The third-order valence-electron chi connectivity index (χ3n) is 3.10. The Balaban J connectivity index is 2.18. The third kappa shape index (κ3) is 3.51. The quantitative estimate of drug-likeness (QED) is 0.605. The zero-order chi connectivity index (χ0) is 9.68. The van der Waals surface area contributed by atoms with Gasteiger partial charge in [-0.25, -0.2) is 0 Å². The van der Waals surface area contributed by atoms with E-state index in [0.29, 0.717) is 0 Å². The van der Waals surface area contributed by atoms with Crippen LogP contribution in [-0.2, 0) is 4.74 Å². The maximum atomic E-state index is 5.45. The van der Waals surface area contributed by atoms with E-state index >= 15 is 0 Å². The number of allylic oxidation sites excluding steroid dienone is 1. The van der Waals surface area contributed by atoms with E-state index in [1.54, 1.807) is 0 Å². The normalized spacial score (nSPS) is 28.8. The zero-order valence-corrected chi connectivity index (χ0v) is 9.01. The first-order valence-corrected chi connectivity index (χ1v) is 5.47. The minimum absolute atomic E-state index is 0.790. The van der Waals surface area contributed by atoms with E-state index in [-0.39, 0.29) is 0 Å². The first-order valence-electron chi connectivity index (χ1n) is 5.47. The molecule has 0 unspecified atom stereocenters. The second-order valence-electron chi connectivity index (χ2n) is 4.22. The van der Waals surface area contributed by atoms with Crippen molar-refractivity contribution in [3.05, 3.63) is 12.2 Å². The summed E-state index contributed by atoms with van der Waals surface area (Å²) in [6.07, 6.45) is 5.31. The highest BCUT2D eigenvalue weighted by Gasteiger charge is 2.21. The summed E-state index contributed by atoms with van der Waals surface area (Å²) in [7, 11) is 0. The van der Waals surface area contributed by atoms with Crippen LogP contribution in [-0.4, -0.2) is 13.2 Å². The van der Waals surface area contributed by atoms with Gasteiger partial charge >= 0.3 is 0 Å². The number of hydrogen-bond acceptors (Lipinski definition) is 1. The van der Waals surface area contributed by atoms with Crippen LogP contribution in [0, 0.1) is 11.8 Å². The van der Waals surface area contributed by atoms with E-state index in [9.17, 15) is 0 Å². The van der Waals surface area contributed by atoms with Gasteiger partial charge in [-0.1, -0.05) is 12.2 Å². The molecule has 1 fully saturated rings. The number of ether oxygens (including phenoxy) is 1. The monoisotopic (exact) mass is 182 g/mol. The van der Waals surface area contributed by atoms with Crippen LogP contribution in [0.2, 0.25) is 0 Å². The van der Waals surface area contributed by atoms with Gasteiger partial charge in [0.2, 0.25) is 0 Å². The molecule has 0 N–H and O–H groups in total. The van der Waals surface area contributed by atoms with Gasteiger partial charge in [0.1, 0.15) is 0 Å². The fourth-order valence-electron chi connectivity index (χ4n) is 2.11. The molecule has 0 aromatic rings. The second-order valence-corrected chi connectivity index (χ2v) is 4.22. The van der Waals surface area contributed by atoms with E-state index in [1.807, 2.05) is 0 Å². The third-order valence-corrected chi connectivity index (χ3v) is 3.10. The minimum Gasteiger partial charge on any atom is -0.381 e. The Bertz CT molecular complexity index is 155. The lowest BCUT2D eigenvalue weighted by Crippen LogP contribution is -2.19. The molecule has 0 aliphatic heterocycles. The van der Waals surface area contributed by atoms with Gasteiger partial charge in [0.25, 0.3) is 0 Å². The molecule has 0 bridgehead atoms. The highest BCUT2D eigenvalue weighted by molar-refractivity contribution is 4.97. The molecule has 1 rings (SSSR count). The number of rotatable bonds is 4. The van der Waals surface area contributed by atoms with Gasteiger partial charge in [-0.3, -0.25) is 0 Å². The van der Waals surface area contributed by atoms with E-state index in [1.165, 1.54) is 31.3 Å². The maximum absolute atomic E-state index is 5.45. The lowest BCUT2D eigenvalue weighted by atomic mass is 9.79. The Morgan fingerprint density at radius 2 is 1.92 bits per heavy atom. The molecular formula is C12H22O. The molecule has 0 aromatic heterocycles. The van der Waals surface area contributed by atoms with Crippen LogP contribution in [0.15, 0.2) is 12.2 Å². The molecule has 0 aromatic carbocycles. The predicted octanol–water partition coefficient (Wildman–Crippen LogP) is 3.41. The molecule has 1 nitrogen and oxygen atoms in total. The Morgan fingerprint density at radius 1 is 1.31 bits per heavy atom. The molecule has 0 radical (unpaired) electrons. The van der Waals surface area contributed by atoms with Crippen molar-refractivity contribution < 1.29 is 4.74 Å². The topological polar surface area (TPSA) is 9.23 Å². The molecule has 13 heavy (non-hydrogen) atoms. The fraction of sp³-hybridized carbons (Fsp3) is 0.833. The fourth-order valence-corrected chi connectivity index (χ4v) is 2.11. The van der Waals surface area contributed by atoms with Gasteiger partial charge in [-0.15, -0.1) is 0 Å². The highest BCUT2D eigenvalue weighted by atomic mass is 16.5. The van der Waals surface area contributed by atoms with E-state index in [4.69, 9.17) is 4.74 Å². The summed E-state index contributed by atoms with van der Waals surface area (Å²) in [6, 6.07) is 0. The van der Waals surface area contributed by atoms with Crippen LogP contribution in [0.1, 0.15) is 39.5 Å². The molecule has 0 spiro atoms. The minimum atomic E-state index is 0.790. The largest absolute Gasteiger partial charge is 0.381 e. The summed E-state index contributed by atoms with van der Waals surface area (Å²) >= 11 is 0. The van der Waals surface area contributed by atoms with Crippen molar-refractivity contribution in [2.45, 2.75) is 39.5 Å². The average molecular weight is 182 g/mol. The van der Waals surface area contributed by atoms with Gasteiger partial charge in [0, 0.05) is 13.2 Å². The smallest absolute Gasteiger partial charge is 0.0494 e. The van der Waals surface area contributed by atoms with Gasteiger partial charge in [-0.2, -0.15) is 0 Å². The lowest BCUT2D eigenvalue weighted by molar-refractivity contribution is 0.0894. The summed E-state index contributed by atoms with van der Waals surface area (Å²) in [5.41, 5.74) is 1.37. The van der Waals surface area contributed by atoms with Crippen LogP contribution in [0.25, 0.3) is 0 Å². The first-order chi connectivity index (χ1) is 6.24. The van der Waals surface area contributed by atoms with E-state index in [2.05, 4.69) is 20.4 Å². The molecule has 1 aliphatic rings. The summed E-state index contributed by atoms with van der Waals surface area (Å²) in [5, 5.41) is 0. The molecular weight excluding hydrogens is 160 g/mol. The lowest BCUT2D eigenvalue weighted by Gasteiger charge is -2.28. The summed E-state index contributed by atoms with van der Waals surface area (Å²) < 4.78 is 5.45. The summed E-state index contributed by atoms with van der Waals surface area (Å²) in [5.74, 6) is 1.61. The zero-order valence-electron chi connectivity index (χ0n) is 9.01. The first kappa shape index (κ1) is 10.8. The molecule has 0 saturated heterocycles. The Kier molecular flexibility index (Phi) is 4.51. The van der Waals surface area contributed by atoms with E-state index in [0.717, 1.165) is 25.0 Å². The van der Waals surface area contributed by atoms with Crippen molar-refractivity contribution in [3.8, 4) is 0 Å². The van der Waals surface area contributed by atoms with Gasteiger partial charge < -0.3 is 4.74 Å². The predicted molar refractivity (Wildman–Crippen MR) is 56.8 cm³/mol. The summed E-state index contributed by atoms with van der Waals surface area (Å²) in [6.45, 7) is 10.1. The average Bonchev–Trinajstić information content (AvgIpc) is 2.15. The maximum Gasteiger partial charge on any atom is 0.0494 e. The SMILES string of the molecule is C=C(C)C1CCC(COCC)CC1. The van der Waals surface area contributed by atoms with Crippen LogP contribution in [0.4, 0.5) is 0 Å². The van der Waals surface area contributed by atoms with Crippen LogP contribution in [0.5, 0.6) is 0 Å². The Hall–Kier alpha value is -0.300. The van der Waals surface area contributed by atoms with Crippen LogP contribution >= 0.6 is 0 Å². The van der Waals surface area contributed by atoms with Crippen LogP contribution < -0.4 is 0 Å². The summed E-state index contributed by atoms with van der Waals surface area (Å²) in [4.78, 5) is 0. The van der Waals surface area contributed by atoms with Crippen molar-refractivity contribution in [3.63, 3.8) is 0 Å². The molecule has 0 heterocycles. The van der Waals surface area contributed by atoms with Crippen LogP contribution in [0.3, 0.4) is 0 Å². The number of hydrogen-bond donors (Lipinski definition) is 0. The highest BCUT2D eigenvalue weighted by Crippen LogP contribution is 2.32. The van der Waals surface area contributed by atoms with Crippen molar-refractivity contribution in [2.24, 2.45) is 11.8 Å². The van der Waals surface area contributed by atoms with Gasteiger partial charge in [-0.05, 0) is 51.4 Å². The van der Waals surface area contributed by atoms with Crippen molar-refractivity contribution in [1.82, 2.24) is 0 Å². The second kappa shape index (κ2) is 5.43.